The summed E-state index contributed by atoms with van der Waals surface area (Å²) in [6.45, 7) is 0.155. The van der Waals surface area contributed by atoms with Crippen molar-refractivity contribution < 1.29 is 13.2 Å². The molecule has 1 aromatic heterocycles. The maximum Gasteiger partial charge on any atom is 0.196 e. The molecule has 1 aromatic carbocycles. The Balaban J connectivity index is 2.94. The van der Waals surface area contributed by atoms with E-state index in [-0.39, 0.29) is 12.1 Å². The third-order valence-electron chi connectivity index (χ3n) is 2.40. The molecule has 0 saturated heterocycles. The van der Waals surface area contributed by atoms with Gasteiger partial charge in [-0.1, -0.05) is 0 Å². The smallest absolute Gasteiger partial charge is 0.196 e. The maximum atomic E-state index is 13.4. The summed E-state index contributed by atoms with van der Waals surface area (Å²) in [5.41, 5.74) is 6.04. The average Bonchev–Trinajstić information content (AvgIpc) is 2.51. The zero-order valence-corrected chi connectivity index (χ0v) is 8.02. The first-order chi connectivity index (χ1) is 7.06. The van der Waals surface area contributed by atoms with Crippen molar-refractivity contribution >= 4 is 10.9 Å². The zero-order chi connectivity index (χ0) is 11.2. The van der Waals surface area contributed by atoms with Crippen LogP contribution < -0.4 is 5.73 Å². The minimum atomic E-state index is -1.45. The number of rotatable bonds is 1. The lowest BCUT2D eigenvalue weighted by molar-refractivity contribution is 0.451. The van der Waals surface area contributed by atoms with Crippen LogP contribution in [0.25, 0.3) is 10.9 Å². The Morgan fingerprint density at radius 1 is 1.27 bits per heavy atom. The van der Waals surface area contributed by atoms with Crippen LogP contribution in [-0.4, -0.2) is 4.57 Å². The normalized spacial score (nSPS) is 11.3. The van der Waals surface area contributed by atoms with Crippen LogP contribution >= 0.6 is 0 Å². The fourth-order valence-electron chi connectivity index (χ4n) is 1.71. The van der Waals surface area contributed by atoms with Gasteiger partial charge in [0.05, 0.1) is 5.52 Å². The van der Waals surface area contributed by atoms with Crippen LogP contribution in [0.15, 0.2) is 12.3 Å². The molecule has 80 valence electrons. The Labute approximate surface area is 84.1 Å². The van der Waals surface area contributed by atoms with Crippen molar-refractivity contribution in [2.24, 2.45) is 12.8 Å². The molecule has 0 radical (unpaired) electrons. The molecule has 0 aliphatic rings. The van der Waals surface area contributed by atoms with E-state index in [1.807, 2.05) is 0 Å². The van der Waals surface area contributed by atoms with E-state index in [1.165, 1.54) is 4.57 Å². The fraction of sp³-hybridized carbons (Fsp3) is 0.200. The van der Waals surface area contributed by atoms with Gasteiger partial charge in [-0.2, -0.15) is 0 Å². The maximum absolute atomic E-state index is 13.4. The first-order valence-corrected chi connectivity index (χ1v) is 4.37. The van der Waals surface area contributed by atoms with Gasteiger partial charge in [-0.15, -0.1) is 0 Å². The second-order valence-corrected chi connectivity index (χ2v) is 3.35. The van der Waals surface area contributed by atoms with E-state index in [4.69, 9.17) is 5.73 Å². The van der Waals surface area contributed by atoms with Gasteiger partial charge in [-0.05, 0) is 11.6 Å². The predicted molar refractivity (Wildman–Crippen MR) is 50.7 cm³/mol. The van der Waals surface area contributed by atoms with Crippen molar-refractivity contribution in [1.29, 1.82) is 0 Å². The molecule has 0 saturated carbocycles. The lowest BCUT2D eigenvalue weighted by atomic mass is 10.1. The molecule has 0 unspecified atom stereocenters. The third kappa shape index (κ3) is 1.31. The molecular weight excluding hydrogens is 205 g/mol. The van der Waals surface area contributed by atoms with Crippen molar-refractivity contribution in [3.8, 4) is 0 Å². The highest BCUT2D eigenvalue weighted by Gasteiger charge is 2.18. The molecule has 0 amide bonds. The molecule has 5 heteroatoms. The van der Waals surface area contributed by atoms with Gasteiger partial charge in [-0.25, -0.2) is 13.2 Å². The molecule has 2 aromatic rings. The van der Waals surface area contributed by atoms with Crippen LogP contribution in [0.5, 0.6) is 0 Å². The van der Waals surface area contributed by atoms with Crippen molar-refractivity contribution in [2.45, 2.75) is 6.54 Å². The number of nitrogens with two attached hydrogens (primary N) is 1. The molecule has 15 heavy (non-hydrogen) atoms. The summed E-state index contributed by atoms with van der Waals surface area (Å²) in [6, 6.07) is 0.968. The molecule has 0 aliphatic heterocycles. The summed E-state index contributed by atoms with van der Waals surface area (Å²) < 4.78 is 40.7. The SMILES string of the molecule is Cn1cc(CN)c2cc(F)c(F)c(F)c21. The van der Waals surface area contributed by atoms with Gasteiger partial charge in [0.25, 0.3) is 0 Å². The fourth-order valence-corrected chi connectivity index (χ4v) is 1.71. The van der Waals surface area contributed by atoms with Crippen LogP contribution in [0.4, 0.5) is 13.2 Å². The van der Waals surface area contributed by atoms with Crippen molar-refractivity contribution in [3.05, 3.63) is 35.3 Å². The van der Waals surface area contributed by atoms with Crippen LogP contribution in [0.2, 0.25) is 0 Å². The van der Waals surface area contributed by atoms with Gasteiger partial charge < -0.3 is 10.3 Å². The van der Waals surface area contributed by atoms with Crippen LogP contribution in [0.1, 0.15) is 5.56 Å². The van der Waals surface area contributed by atoms with E-state index in [9.17, 15) is 13.2 Å². The number of nitrogens with zero attached hydrogens (tertiary/aromatic N) is 1. The zero-order valence-electron chi connectivity index (χ0n) is 8.02. The Bertz CT molecular complexity index is 531. The van der Waals surface area contributed by atoms with Crippen molar-refractivity contribution in [2.75, 3.05) is 0 Å². The second kappa shape index (κ2) is 3.27. The minimum absolute atomic E-state index is 0.0364. The highest BCUT2D eigenvalue weighted by Crippen LogP contribution is 2.26. The number of halogens is 3. The molecule has 0 spiro atoms. The molecule has 2 N–H and O–H groups in total. The molecule has 2 nitrogen and oxygen atoms in total. The van der Waals surface area contributed by atoms with E-state index in [0.717, 1.165) is 6.07 Å². The van der Waals surface area contributed by atoms with Gasteiger partial charge in [0.1, 0.15) is 0 Å². The van der Waals surface area contributed by atoms with Crippen LogP contribution in [-0.2, 0) is 13.6 Å². The highest BCUT2D eigenvalue weighted by atomic mass is 19.2. The topological polar surface area (TPSA) is 30.9 Å². The van der Waals surface area contributed by atoms with Crippen molar-refractivity contribution in [1.82, 2.24) is 4.57 Å². The van der Waals surface area contributed by atoms with Gasteiger partial charge in [-0.3, -0.25) is 0 Å². The summed E-state index contributed by atoms with van der Waals surface area (Å²) in [7, 11) is 1.56. The summed E-state index contributed by atoms with van der Waals surface area (Å²) >= 11 is 0. The van der Waals surface area contributed by atoms with E-state index in [2.05, 4.69) is 0 Å². The van der Waals surface area contributed by atoms with Gasteiger partial charge in [0.2, 0.25) is 0 Å². The van der Waals surface area contributed by atoms with Gasteiger partial charge >= 0.3 is 0 Å². The Kier molecular flexibility index (Phi) is 2.19. The second-order valence-electron chi connectivity index (χ2n) is 3.35. The number of aryl methyl sites for hydroxylation is 1. The standard InChI is InChI=1S/C10H9F3N2/c1-15-4-5(3-14)6-2-7(11)8(12)9(13)10(6)15/h2,4H,3,14H2,1H3. The molecule has 0 aliphatic carbocycles. The molecule has 0 fully saturated rings. The molecule has 2 rings (SSSR count). The largest absolute Gasteiger partial charge is 0.348 e. The summed E-state index contributed by atoms with van der Waals surface area (Å²) in [4.78, 5) is 0. The Morgan fingerprint density at radius 2 is 1.93 bits per heavy atom. The number of fused-ring (bicyclic) bond motifs is 1. The molecule has 1 heterocycles. The monoisotopic (exact) mass is 214 g/mol. The lowest BCUT2D eigenvalue weighted by Gasteiger charge is -2.00. The van der Waals surface area contributed by atoms with E-state index < -0.39 is 17.5 Å². The number of aromatic nitrogens is 1. The van der Waals surface area contributed by atoms with E-state index in [1.54, 1.807) is 13.2 Å². The Hall–Kier alpha value is -1.49. The first kappa shape index (κ1) is 10.0. The summed E-state index contributed by atoms with van der Waals surface area (Å²) in [5.74, 6) is -3.82. The van der Waals surface area contributed by atoms with E-state index in [0.29, 0.717) is 10.9 Å². The number of hydrogen-bond donors (Lipinski definition) is 1. The molecule has 0 atom stereocenters. The van der Waals surface area contributed by atoms with Crippen LogP contribution in [0, 0.1) is 17.5 Å². The lowest BCUT2D eigenvalue weighted by Crippen LogP contribution is -1.96. The first-order valence-electron chi connectivity index (χ1n) is 4.37. The molecular formula is C10H9F3N2. The number of hydrogen-bond acceptors (Lipinski definition) is 1. The molecule has 0 bridgehead atoms. The highest BCUT2D eigenvalue weighted by molar-refractivity contribution is 5.84. The summed E-state index contributed by atoms with van der Waals surface area (Å²) in [6.07, 6.45) is 1.56. The quantitative estimate of drug-likeness (QED) is 0.724. The van der Waals surface area contributed by atoms with Crippen LogP contribution in [0.3, 0.4) is 0 Å². The van der Waals surface area contributed by atoms with E-state index >= 15 is 0 Å². The summed E-state index contributed by atoms with van der Waals surface area (Å²) in [5, 5.41) is 0.316. The predicted octanol–water partition coefficient (Wildman–Crippen LogP) is 2.05. The van der Waals surface area contributed by atoms with Gasteiger partial charge in [0, 0.05) is 25.2 Å². The number of benzene rings is 1. The average molecular weight is 214 g/mol. The minimum Gasteiger partial charge on any atom is -0.348 e. The van der Waals surface area contributed by atoms with Gasteiger partial charge in [0.15, 0.2) is 17.5 Å². The third-order valence-corrected chi connectivity index (χ3v) is 2.40. The Morgan fingerprint density at radius 3 is 2.53 bits per heavy atom. The van der Waals surface area contributed by atoms with Crippen molar-refractivity contribution in [3.63, 3.8) is 0 Å².